The van der Waals surface area contributed by atoms with E-state index in [2.05, 4.69) is 9.99 Å². The molecule has 0 fully saturated rings. The van der Waals surface area contributed by atoms with Crippen molar-refractivity contribution in [3.8, 4) is 0 Å². The number of aliphatic hydroxyl groups excluding tert-OH is 1. The molecule has 0 saturated carbocycles. The highest BCUT2D eigenvalue weighted by Gasteiger charge is 2.23. The monoisotopic (exact) mass is 215 g/mol. The highest BCUT2D eigenvalue weighted by atomic mass is 16.7. The van der Waals surface area contributed by atoms with E-state index in [0.29, 0.717) is 12.0 Å². The predicted octanol–water partition coefficient (Wildman–Crippen LogP) is 0.757. The molecule has 0 aromatic rings. The van der Waals surface area contributed by atoms with E-state index in [0.717, 1.165) is 0 Å². The molecule has 2 atom stereocenters. The zero-order valence-electron chi connectivity index (χ0n) is 9.43. The van der Waals surface area contributed by atoms with Crippen LogP contribution < -0.4 is 0 Å². The zero-order valence-corrected chi connectivity index (χ0v) is 9.43. The van der Waals surface area contributed by atoms with Gasteiger partial charge in [-0.05, 0) is 5.92 Å². The number of aldehydes is 1. The summed E-state index contributed by atoms with van der Waals surface area (Å²) in [5.74, 6) is -1.22. The van der Waals surface area contributed by atoms with Crippen molar-refractivity contribution < 1.29 is 19.5 Å². The van der Waals surface area contributed by atoms with Gasteiger partial charge in [0, 0.05) is 12.8 Å². The molecule has 0 radical (unpaired) electrons. The summed E-state index contributed by atoms with van der Waals surface area (Å²) in [6.07, 6.45) is -0.377. The fraction of sp³-hybridized carbons (Fsp3) is 0.700. The van der Waals surface area contributed by atoms with Crippen LogP contribution in [0.3, 0.4) is 0 Å². The van der Waals surface area contributed by atoms with Gasteiger partial charge in [-0.2, -0.15) is 0 Å². The molecule has 86 valence electrons. The second-order valence-electron chi connectivity index (χ2n) is 3.69. The first kappa shape index (κ1) is 13.8. The summed E-state index contributed by atoms with van der Waals surface area (Å²) >= 11 is 0. The van der Waals surface area contributed by atoms with E-state index in [-0.39, 0.29) is 5.92 Å². The predicted molar refractivity (Wildman–Crippen MR) is 55.3 cm³/mol. The molecule has 0 amide bonds. The van der Waals surface area contributed by atoms with Crippen molar-refractivity contribution in [3.63, 3.8) is 0 Å². The summed E-state index contributed by atoms with van der Waals surface area (Å²) in [5.41, 5.74) is 0.296. The van der Waals surface area contributed by atoms with Gasteiger partial charge in [-0.3, -0.25) is 0 Å². The van der Waals surface area contributed by atoms with Crippen molar-refractivity contribution >= 4 is 18.0 Å². The summed E-state index contributed by atoms with van der Waals surface area (Å²) in [6, 6.07) is 0. The third-order valence-corrected chi connectivity index (χ3v) is 1.89. The molecule has 5 nitrogen and oxygen atoms in total. The van der Waals surface area contributed by atoms with Gasteiger partial charge in [0.05, 0.1) is 5.71 Å². The Hall–Kier alpha value is -1.23. The average molecular weight is 215 g/mol. The maximum absolute atomic E-state index is 10.6. The molecule has 0 saturated heterocycles. The summed E-state index contributed by atoms with van der Waals surface area (Å²) in [5, 5.41) is 13.3. The van der Waals surface area contributed by atoms with Crippen LogP contribution in [-0.4, -0.2) is 29.2 Å². The zero-order chi connectivity index (χ0) is 12.0. The molecule has 5 heteroatoms. The molecule has 0 rings (SSSR count). The molecular weight excluding hydrogens is 198 g/mol. The Labute approximate surface area is 89.1 Å². The van der Waals surface area contributed by atoms with Gasteiger partial charge in [0.2, 0.25) is 0 Å². The minimum absolute atomic E-state index is 0.0956. The van der Waals surface area contributed by atoms with Gasteiger partial charge in [-0.1, -0.05) is 25.9 Å². The number of aliphatic hydroxyl groups is 1. The molecule has 0 aliphatic rings. The van der Waals surface area contributed by atoms with Crippen LogP contribution in [0.2, 0.25) is 0 Å². The molecule has 0 unspecified atom stereocenters. The topological polar surface area (TPSA) is 76.0 Å². The maximum atomic E-state index is 10.6. The van der Waals surface area contributed by atoms with E-state index in [1.807, 2.05) is 0 Å². The molecule has 0 heterocycles. The van der Waals surface area contributed by atoms with Gasteiger partial charge in [-0.25, -0.2) is 4.79 Å². The molecule has 0 bridgehead atoms. The molecule has 0 aliphatic carbocycles. The highest BCUT2D eigenvalue weighted by molar-refractivity contribution is 5.92. The lowest BCUT2D eigenvalue weighted by atomic mass is 9.95. The summed E-state index contributed by atoms with van der Waals surface area (Å²) in [7, 11) is 0. The standard InChI is InChI=1S/C10H17NO4/c1-6(2)9(11-15-8(4)13)10(14)7(3)5-12/h5-7,10,14H,1-4H3/b11-9+/t7-,10-/m1/s1. The van der Waals surface area contributed by atoms with Gasteiger partial charge in [0.1, 0.15) is 12.4 Å². The Balaban J connectivity index is 4.72. The lowest BCUT2D eigenvalue weighted by Gasteiger charge is -2.18. The lowest BCUT2D eigenvalue weighted by molar-refractivity contribution is -0.141. The van der Waals surface area contributed by atoms with Crippen LogP contribution in [0.15, 0.2) is 5.16 Å². The van der Waals surface area contributed by atoms with Crippen LogP contribution in [0, 0.1) is 11.8 Å². The minimum Gasteiger partial charge on any atom is -0.386 e. The van der Waals surface area contributed by atoms with E-state index < -0.39 is 18.0 Å². The number of carbonyl (C=O) groups is 2. The molecule has 1 N–H and O–H groups in total. The molecular formula is C10H17NO4. The van der Waals surface area contributed by atoms with E-state index in [1.165, 1.54) is 6.92 Å². The number of hydrogen-bond donors (Lipinski definition) is 1. The van der Waals surface area contributed by atoms with Crippen LogP contribution in [0.25, 0.3) is 0 Å². The number of oxime groups is 1. The Kier molecular flexibility index (Phi) is 5.77. The van der Waals surface area contributed by atoms with Gasteiger partial charge >= 0.3 is 5.97 Å². The highest BCUT2D eigenvalue weighted by Crippen LogP contribution is 2.10. The Morgan fingerprint density at radius 2 is 1.93 bits per heavy atom. The average Bonchev–Trinajstić information content (AvgIpc) is 2.15. The molecule has 0 spiro atoms. The van der Waals surface area contributed by atoms with Crippen LogP contribution in [0.5, 0.6) is 0 Å². The molecule has 0 aliphatic heterocycles. The van der Waals surface area contributed by atoms with Crippen molar-refractivity contribution in [1.82, 2.24) is 0 Å². The van der Waals surface area contributed by atoms with E-state index in [4.69, 9.17) is 0 Å². The first-order valence-corrected chi connectivity index (χ1v) is 4.78. The normalized spacial score (nSPS) is 16.0. The van der Waals surface area contributed by atoms with E-state index in [1.54, 1.807) is 20.8 Å². The van der Waals surface area contributed by atoms with Crippen molar-refractivity contribution in [1.29, 1.82) is 0 Å². The second-order valence-corrected chi connectivity index (χ2v) is 3.69. The first-order valence-electron chi connectivity index (χ1n) is 4.78. The fourth-order valence-electron chi connectivity index (χ4n) is 0.962. The largest absolute Gasteiger partial charge is 0.386 e. The van der Waals surface area contributed by atoms with E-state index in [9.17, 15) is 14.7 Å². The number of carbonyl (C=O) groups excluding carboxylic acids is 2. The van der Waals surface area contributed by atoms with Crippen molar-refractivity contribution in [2.75, 3.05) is 0 Å². The molecule has 15 heavy (non-hydrogen) atoms. The third-order valence-electron chi connectivity index (χ3n) is 1.89. The summed E-state index contributed by atoms with van der Waals surface area (Å²) < 4.78 is 0. The molecule has 0 aromatic heterocycles. The maximum Gasteiger partial charge on any atom is 0.331 e. The van der Waals surface area contributed by atoms with Crippen molar-refractivity contribution in [2.24, 2.45) is 17.0 Å². The van der Waals surface area contributed by atoms with Crippen LogP contribution in [0.4, 0.5) is 0 Å². The van der Waals surface area contributed by atoms with Crippen molar-refractivity contribution in [3.05, 3.63) is 0 Å². The minimum atomic E-state index is -1.01. The van der Waals surface area contributed by atoms with E-state index >= 15 is 0 Å². The van der Waals surface area contributed by atoms with Gasteiger partial charge in [0.15, 0.2) is 0 Å². The van der Waals surface area contributed by atoms with Gasteiger partial charge < -0.3 is 14.7 Å². The second kappa shape index (κ2) is 6.29. The van der Waals surface area contributed by atoms with Gasteiger partial charge in [0.25, 0.3) is 0 Å². The number of nitrogens with zero attached hydrogens (tertiary/aromatic N) is 1. The van der Waals surface area contributed by atoms with Crippen LogP contribution >= 0.6 is 0 Å². The number of rotatable bonds is 5. The Bertz CT molecular complexity index is 260. The fourth-order valence-corrected chi connectivity index (χ4v) is 0.962. The lowest BCUT2D eigenvalue weighted by Crippen LogP contribution is -2.32. The van der Waals surface area contributed by atoms with Gasteiger partial charge in [-0.15, -0.1) is 0 Å². The summed E-state index contributed by atoms with van der Waals surface area (Å²) in [6.45, 7) is 6.38. The molecule has 0 aromatic carbocycles. The Morgan fingerprint density at radius 1 is 1.40 bits per heavy atom. The quantitative estimate of drug-likeness (QED) is 0.318. The Morgan fingerprint density at radius 3 is 2.27 bits per heavy atom. The number of hydrogen-bond acceptors (Lipinski definition) is 5. The first-order chi connectivity index (χ1) is 6.90. The van der Waals surface area contributed by atoms with Crippen LogP contribution in [0.1, 0.15) is 27.7 Å². The SMILES string of the molecule is CC(=O)O/N=C(\C(C)C)[C@H](O)[C@H](C)C=O. The third kappa shape index (κ3) is 4.69. The smallest absolute Gasteiger partial charge is 0.331 e. The summed E-state index contributed by atoms with van der Waals surface area (Å²) in [4.78, 5) is 25.5. The van der Waals surface area contributed by atoms with Crippen LogP contribution in [-0.2, 0) is 14.4 Å². The van der Waals surface area contributed by atoms with Crippen molar-refractivity contribution in [2.45, 2.75) is 33.8 Å².